The third-order valence-corrected chi connectivity index (χ3v) is 2.44. The van der Waals surface area contributed by atoms with Crippen molar-refractivity contribution in [2.45, 2.75) is 0 Å². The van der Waals surface area contributed by atoms with Crippen molar-refractivity contribution in [2.24, 2.45) is 0 Å². The van der Waals surface area contributed by atoms with Gasteiger partial charge >= 0.3 is 5.97 Å². The van der Waals surface area contributed by atoms with Gasteiger partial charge in [0.2, 0.25) is 5.91 Å². The maximum atomic E-state index is 11.6. The number of anilines is 2. The van der Waals surface area contributed by atoms with Crippen molar-refractivity contribution in [1.29, 1.82) is 5.26 Å². The third kappa shape index (κ3) is 2.03. The number of carboxylic acids is 1. The highest BCUT2D eigenvalue weighted by Crippen LogP contribution is 2.30. The van der Waals surface area contributed by atoms with E-state index in [1.54, 1.807) is 18.2 Å². The van der Waals surface area contributed by atoms with Crippen molar-refractivity contribution in [3.8, 4) is 6.07 Å². The Morgan fingerprint density at radius 2 is 2.35 bits per heavy atom. The number of fused-ring (bicyclic) bond motifs is 1. The zero-order valence-corrected chi connectivity index (χ0v) is 8.80. The molecule has 0 unspecified atom stereocenters. The van der Waals surface area contributed by atoms with Crippen LogP contribution in [0.1, 0.15) is 5.56 Å². The summed E-state index contributed by atoms with van der Waals surface area (Å²) in [6.07, 6.45) is 0. The van der Waals surface area contributed by atoms with Crippen LogP contribution in [0.4, 0.5) is 11.4 Å². The van der Waals surface area contributed by atoms with Crippen molar-refractivity contribution in [3.05, 3.63) is 23.8 Å². The number of carboxylic acid groups (broad SMARTS) is 1. The molecule has 6 nitrogen and oxygen atoms in total. The van der Waals surface area contributed by atoms with E-state index < -0.39 is 5.97 Å². The van der Waals surface area contributed by atoms with Gasteiger partial charge in [0.05, 0.1) is 29.6 Å². The minimum atomic E-state index is -1.07. The summed E-state index contributed by atoms with van der Waals surface area (Å²) in [5.41, 5.74) is 1.55. The molecule has 0 aromatic heterocycles. The molecule has 6 heteroatoms. The maximum Gasteiger partial charge on any atom is 0.323 e. The van der Waals surface area contributed by atoms with Crippen LogP contribution >= 0.6 is 0 Å². The van der Waals surface area contributed by atoms with Crippen LogP contribution in [0, 0.1) is 11.3 Å². The summed E-state index contributed by atoms with van der Waals surface area (Å²) in [4.78, 5) is 23.5. The molecule has 0 atom stereocenters. The molecule has 0 radical (unpaired) electrons. The molecule has 0 bridgehead atoms. The van der Waals surface area contributed by atoms with Gasteiger partial charge in [0.1, 0.15) is 6.54 Å². The molecule has 86 valence electrons. The van der Waals surface area contributed by atoms with Crippen molar-refractivity contribution in [3.63, 3.8) is 0 Å². The summed E-state index contributed by atoms with van der Waals surface area (Å²) >= 11 is 0. The van der Waals surface area contributed by atoms with E-state index >= 15 is 0 Å². The molecule has 0 saturated heterocycles. The average Bonchev–Trinajstić information content (AvgIpc) is 2.32. The molecule has 0 spiro atoms. The number of nitriles is 1. The molecular weight excluding hydrogens is 222 g/mol. The van der Waals surface area contributed by atoms with Gasteiger partial charge in [-0.3, -0.25) is 14.5 Å². The molecule has 17 heavy (non-hydrogen) atoms. The van der Waals surface area contributed by atoms with Crippen molar-refractivity contribution in [2.75, 3.05) is 23.3 Å². The van der Waals surface area contributed by atoms with Crippen LogP contribution in [0.3, 0.4) is 0 Å². The lowest BCUT2D eigenvalue weighted by Crippen LogP contribution is -2.42. The Morgan fingerprint density at radius 3 is 3.00 bits per heavy atom. The highest BCUT2D eigenvalue weighted by atomic mass is 16.4. The van der Waals surface area contributed by atoms with Crippen LogP contribution in [-0.2, 0) is 9.59 Å². The first kappa shape index (κ1) is 11.0. The summed E-state index contributed by atoms with van der Waals surface area (Å²) in [6, 6.07) is 6.70. The standard InChI is InChI=1S/C11H9N3O3/c12-4-7-1-2-9-8(3-7)13-5-10(15)14(9)6-11(16)17/h1-3,13H,5-6H2,(H,16,17). The zero-order valence-electron chi connectivity index (χ0n) is 8.80. The highest BCUT2D eigenvalue weighted by Gasteiger charge is 2.25. The molecule has 0 saturated carbocycles. The molecule has 1 aliphatic rings. The first-order valence-electron chi connectivity index (χ1n) is 4.92. The lowest BCUT2D eigenvalue weighted by molar-refractivity contribution is -0.136. The summed E-state index contributed by atoms with van der Waals surface area (Å²) in [6.45, 7) is -0.339. The second kappa shape index (κ2) is 4.14. The Labute approximate surface area is 97.1 Å². The largest absolute Gasteiger partial charge is 0.480 e. The van der Waals surface area contributed by atoms with Crippen LogP contribution in [0.15, 0.2) is 18.2 Å². The SMILES string of the molecule is N#Cc1ccc2c(c1)NCC(=O)N2CC(=O)O. The van der Waals surface area contributed by atoms with E-state index in [1.165, 1.54) is 4.90 Å². The van der Waals surface area contributed by atoms with Crippen LogP contribution in [0.25, 0.3) is 0 Å². The van der Waals surface area contributed by atoms with Crippen molar-refractivity contribution < 1.29 is 14.7 Å². The number of amides is 1. The lowest BCUT2D eigenvalue weighted by Gasteiger charge is -2.28. The van der Waals surface area contributed by atoms with E-state index in [4.69, 9.17) is 10.4 Å². The Hall–Kier alpha value is -2.55. The van der Waals surface area contributed by atoms with Crippen LogP contribution in [-0.4, -0.2) is 30.1 Å². The number of hydrogen-bond donors (Lipinski definition) is 2. The van der Waals surface area contributed by atoms with Crippen LogP contribution in [0.5, 0.6) is 0 Å². The van der Waals surface area contributed by atoms with Gasteiger partial charge < -0.3 is 10.4 Å². The van der Waals surface area contributed by atoms with E-state index in [9.17, 15) is 9.59 Å². The van der Waals surface area contributed by atoms with E-state index in [0.717, 1.165) is 0 Å². The monoisotopic (exact) mass is 231 g/mol. The number of nitrogens with zero attached hydrogens (tertiary/aromatic N) is 2. The summed E-state index contributed by atoms with van der Waals surface area (Å²) in [7, 11) is 0. The van der Waals surface area contributed by atoms with Crippen LogP contribution < -0.4 is 10.2 Å². The number of hydrogen-bond acceptors (Lipinski definition) is 4. The molecule has 2 rings (SSSR count). The van der Waals surface area contributed by atoms with E-state index in [-0.39, 0.29) is 19.0 Å². The first-order chi connectivity index (χ1) is 8.11. The van der Waals surface area contributed by atoms with Gasteiger partial charge in [-0.15, -0.1) is 0 Å². The van der Waals surface area contributed by atoms with Gasteiger partial charge in [-0.05, 0) is 18.2 Å². The fourth-order valence-corrected chi connectivity index (χ4v) is 1.69. The molecule has 0 aliphatic carbocycles. The molecule has 0 fully saturated rings. The van der Waals surface area contributed by atoms with E-state index in [0.29, 0.717) is 16.9 Å². The number of aliphatic carboxylic acids is 1. The summed E-state index contributed by atoms with van der Waals surface area (Å²) in [5, 5.41) is 20.3. The van der Waals surface area contributed by atoms with Gasteiger partial charge in [0.15, 0.2) is 0 Å². The topological polar surface area (TPSA) is 93.4 Å². The predicted molar refractivity (Wildman–Crippen MR) is 59.6 cm³/mol. The lowest BCUT2D eigenvalue weighted by atomic mass is 10.1. The minimum Gasteiger partial charge on any atom is -0.480 e. The molecular formula is C11H9N3O3. The van der Waals surface area contributed by atoms with E-state index in [2.05, 4.69) is 5.32 Å². The zero-order chi connectivity index (χ0) is 12.4. The Bertz CT molecular complexity index is 533. The van der Waals surface area contributed by atoms with Crippen molar-refractivity contribution >= 4 is 23.3 Å². The predicted octanol–water partition coefficient (Wildman–Crippen LogP) is 0.401. The summed E-state index contributed by atoms with van der Waals surface area (Å²) < 4.78 is 0. The Balaban J connectivity index is 2.42. The third-order valence-electron chi connectivity index (χ3n) is 2.44. The average molecular weight is 231 g/mol. The maximum absolute atomic E-state index is 11.6. The summed E-state index contributed by atoms with van der Waals surface area (Å²) in [5.74, 6) is -1.37. The number of carbonyl (C=O) groups is 2. The number of nitrogens with one attached hydrogen (secondary N) is 1. The Morgan fingerprint density at radius 1 is 1.59 bits per heavy atom. The molecule has 1 aromatic carbocycles. The smallest absolute Gasteiger partial charge is 0.323 e. The van der Waals surface area contributed by atoms with Gasteiger partial charge in [0.25, 0.3) is 0 Å². The van der Waals surface area contributed by atoms with Gasteiger partial charge in [-0.2, -0.15) is 5.26 Å². The molecule has 1 amide bonds. The Kier molecular flexibility index (Phi) is 2.66. The molecule has 2 N–H and O–H groups in total. The van der Waals surface area contributed by atoms with E-state index in [1.807, 2.05) is 6.07 Å². The number of benzene rings is 1. The molecule has 1 aliphatic heterocycles. The van der Waals surface area contributed by atoms with Gasteiger partial charge in [-0.25, -0.2) is 0 Å². The fourth-order valence-electron chi connectivity index (χ4n) is 1.69. The van der Waals surface area contributed by atoms with Gasteiger partial charge in [-0.1, -0.05) is 0 Å². The number of carbonyl (C=O) groups excluding carboxylic acids is 1. The van der Waals surface area contributed by atoms with Crippen molar-refractivity contribution in [1.82, 2.24) is 0 Å². The second-order valence-electron chi connectivity index (χ2n) is 3.57. The van der Waals surface area contributed by atoms with Crippen LogP contribution in [0.2, 0.25) is 0 Å². The minimum absolute atomic E-state index is 0.0369. The van der Waals surface area contributed by atoms with Gasteiger partial charge in [0, 0.05) is 0 Å². The first-order valence-corrected chi connectivity index (χ1v) is 4.92. The molecule has 1 aromatic rings. The normalized spacial score (nSPS) is 13.6. The fraction of sp³-hybridized carbons (Fsp3) is 0.182. The quantitative estimate of drug-likeness (QED) is 0.768. The second-order valence-corrected chi connectivity index (χ2v) is 3.57. The highest BCUT2D eigenvalue weighted by molar-refractivity contribution is 6.05. The number of rotatable bonds is 2. The molecule has 1 heterocycles.